The van der Waals surface area contributed by atoms with E-state index in [2.05, 4.69) is 26.6 Å². The lowest BCUT2D eigenvalue weighted by Crippen LogP contribution is -2.38. The molecule has 0 aliphatic carbocycles. The van der Waals surface area contributed by atoms with Gasteiger partial charge in [-0.2, -0.15) is 0 Å². The lowest BCUT2D eigenvalue weighted by molar-refractivity contribution is -0.127. The predicted octanol–water partition coefficient (Wildman–Crippen LogP) is 2.88. The Labute approximate surface area is 189 Å². The van der Waals surface area contributed by atoms with Crippen molar-refractivity contribution in [3.63, 3.8) is 0 Å². The van der Waals surface area contributed by atoms with Crippen LogP contribution in [0.1, 0.15) is 12.0 Å². The fourth-order valence-corrected chi connectivity index (χ4v) is 3.61. The van der Waals surface area contributed by atoms with Gasteiger partial charge in [-0.05, 0) is 42.8 Å². The molecule has 1 saturated heterocycles. The third-order valence-corrected chi connectivity index (χ3v) is 5.93. The topological polar surface area (TPSA) is 97.0 Å². The average molecular weight is 490 g/mol. The molecule has 2 aromatic carbocycles. The zero-order valence-corrected chi connectivity index (χ0v) is 19.1. The van der Waals surface area contributed by atoms with E-state index >= 15 is 0 Å². The Morgan fingerprint density at radius 3 is 2.61 bits per heavy atom. The van der Waals surface area contributed by atoms with Gasteiger partial charge in [-0.15, -0.1) is 0 Å². The first-order valence-electron chi connectivity index (χ1n) is 9.68. The lowest BCUT2D eigenvalue weighted by atomic mass is 10.1. The SMILES string of the molecule is COc1ccc(OC)c(N2CC(C(=O)NCC(=O)Nc3ccc(Br)c(C)c3)CC2=O)c1. The van der Waals surface area contributed by atoms with Crippen LogP contribution in [0, 0.1) is 12.8 Å². The quantitative estimate of drug-likeness (QED) is 0.623. The third kappa shape index (κ3) is 5.35. The summed E-state index contributed by atoms with van der Waals surface area (Å²) in [6, 6.07) is 10.6. The van der Waals surface area contributed by atoms with Crippen LogP contribution in [0.5, 0.6) is 11.5 Å². The Morgan fingerprint density at radius 2 is 1.94 bits per heavy atom. The zero-order chi connectivity index (χ0) is 22.5. The molecule has 8 nitrogen and oxygen atoms in total. The molecule has 3 amide bonds. The molecular weight excluding hydrogens is 466 g/mol. The monoisotopic (exact) mass is 489 g/mol. The molecule has 2 aromatic rings. The van der Waals surface area contributed by atoms with Gasteiger partial charge >= 0.3 is 0 Å². The number of amides is 3. The summed E-state index contributed by atoms with van der Waals surface area (Å²) in [6.07, 6.45) is 0.0553. The van der Waals surface area contributed by atoms with E-state index in [1.165, 1.54) is 19.1 Å². The van der Waals surface area contributed by atoms with Crippen LogP contribution in [0.2, 0.25) is 0 Å². The maximum absolute atomic E-state index is 12.6. The molecule has 1 atom stereocenters. The molecule has 0 spiro atoms. The molecule has 164 valence electrons. The van der Waals surface area contributed by atoms with Crippen LogP contribution in [0.3, 0.4) is 0 Å². The van der Waals surface area contributed by atoms with Crippen molar-refractivity contribution in [1.29, 1.82) is 0 Å². The van der Waals surface area contributed by atoms with Crippen LogP contribution in [0.15, 0.2) is 40.9 Å². The number of halogens is 1. The number of anilines is 2. The Hall–Kier alpha value is -3.07. The van der Waals surface area contributed by atoms with Gasteiger partial charge in [0.25, 0.3) is 0 Å². The van der Waals surface area contributed by atoms with Gasteiger partial charge in [-0.1, -0.05) is 15.9 Å². The molecule has 0 aromatic heterocycles. The first-order valence-corrected chi connectivity index (χ1v) is 10.5. The fourth-order valence-electron chi connectivity index (χ4n) is 3.36. The molecule has 0 saturated carbocycles. The van der Waals surface area contributed by atoms with E-state index in [0.29, 0.717) is 22.9 Å². The number of methoxy groups -OCH3 is 2. The molecule has 0 radical (unpaired) electrons. The molecule has 3 rings (SSSR count). The second kappa shape index (κ2) is 9.82. The van der Waals surface area contributed by atoms with Gasteiger partial charge in [0.15, 0.2) is 0 Å². The number of nitrogens with one attached hydrogen (secondary N) is 2. The average Bonchev–Trinajstić information content (AvgIpc) is 3.15. The number of hydrogen-bond acceptors (Lipinski definition) is 5. The number of aryl methyl sites for hydroxylation is 1. The Balaban J connectivity index is 1.59. The highest BCUT2D eigenvalue weighted by Gasteiger charge is 2.36. The van der Waals surface area contributed by atoms with Crippen LogP contribution in [-0.2, 0) is 14.4 Å². The highest BCUT2D eigenvalue weighted by Crippen LogP contribution is 2.36. The molecule has 1 aliphatic heterocycles. The molecule has 1 fully saturated rings. The Kier molecular flexibility index (Phi) is 7.17. The van der Waals surface area contributed by atoms with E-state index in [9.17, 15) is 14.4 Å². The smallest absolute Gasteiger partial charge is 0.243 e. The zero-order valence-electron chi connectivity index (χ0n) is 17.5. The van der Waals surface area contributed by atoms with Gasteiger partial charge in [-0.3, -0.25) is 14.4 Å². The van der Waals surface area contributed by atoms with E-state index < -0.39 is 5.92 Å². The van der Waals surface area contributed by atoms with Crippen molar-refractivity contribution < 1.29 is 23.9 Å². The molecule has 1 heterocycles. The first-order chi connectivity index (χ1) is 14.8. The summed E-state index contributed by atoms with van der Waals surface area (Å²) in [5.74, 6) is -0.353. The summed E-state index contributed by atoms with van der Waals surface area (Å²) in [4.78, 5) is 38.8. The van der Waals surface area contributed by atoms with Crippen molar-refractivity contribution in [2.45, 2.75) is 13.3 Å². The molecule has 1 unspecified atom stereocenters. The molecule has 0 bridgehead atoms. The van der Waals surface area contributed by atoms with Gasteiger partial charge in [0, 0.05) is 29.2 Å². The van der Waals surface area contributed by atoms with Gasteiger partial charge in [0.1, 0.15) is 11.5 Å². The van der Waals surface area contributed by atoms with Crippen molar-refractivity contribution in [3.05, 3.63) is 46.4 Å². The number of hydrogen-bond donors (Lipinski definition) is 2. The maximum atomic E-state index is 12.6. The molecule has 2 N–H and O–H groups in total. The minimum Gasteiger partial charge on any atom is -0.497 e. The van der Waals surface area contributed by atoms with E-state index in [-0.39, 0.29) is 37.2 Å². The summed E-state index contributed by atoms with van der Waals surface area (Å²) in [7, 11) is 3.05. The number of ether oxygens (including phenoxy) is 2. The van der Waals surface area contributed by atoms with E-state index in [1.54, 1.807) is 24.3 Å². The molecular formula is C22H24BrN3O5. The second-order valence-electron chi connectivity index (χ2n) is 7.17. The highest BCUT2D eigenvalue weighted by molar-refractivity contribution is 9.10. The Morgan fingerprint density at radius 1 is 1.16 bits per heavy atom. The summed E-state index contributed by atoms with van der Waals surface area (Å²) >= 11 is 3.41. The molecule has 9 heteroatoms. The standard InChI is InChI=1S/C22H24BrN3O5/c1-13-8-15(4-6-17(13)23)25-20(27)11-24-22(29)14-9-21(28)26(12-14)18-10-16(30-2)5-7-19(18)31-3/h4-8,10,14H,9,11-12H2,1-3H3,(H,24,29)(H,25,27). The van der Waals surface area contributed by atoms with Crippen LogP contribution in [0.25, 0.3) is 0 Å². The summed E-state index contributed by atoms with van der Waals surface area (Å²) < 4.78 is 11.5. The highest BCUT2D eigenvalue weighted by atomic mass is 79.9. The largest absolute Gasteiger partial charge is 0.497 e. The van der Waals surface area contributed by atoms with E-state index in [0.717, 1.165) is 10.0 Å². The number of carbonyl (C=O) groups excluding carboxylic acids is 3. The first kappa shape index (κ1) is 22.6. The van der Waals surface area contributed by atoms with Crippen LogP contribution < -0.4 is 25.0 Å². The van der Waals surface area contributed by atoms with Crippen molar-refractivity contribution >= 4 is 45.0 Å². The van der Waals surface area contributed by atoms with Crippen molar-refractivity contribution in [2.24, 2.45) is 5.92 Å². The minimum absolute atomic E-state index is 0.0553. The van der Waals surface area contributed by atoms with E-state index in [1.807, 2.05) is 19.1 Å². The lowest BCUT2D eigenvalue weighted by Gasteiger charge is -2.20. The number of carbonyl (C=O) groups is 3. The molecule has 31 heavy (non-hydrogen) atoms. The normalized spacial score (nSPS) is 15.5. The van der Waals surface area contributed by atoms with Gasteiger partial charge in [0.2, 0.25) is 17.7 Å². The number of benzene rings is 2. The summed E-state index contributed by atoms with van der Waals surface area (Å²) in [6.45, 7) is 1.94. The number of nitrogens with zero attached hydrogens (tertiary/aromatic N) is 1. The summed E-state index contributed by atoms with van der Waals surface area (Å²) in [5, 5.41) is 5.36. The van der Waals surface area contributed by atoms with Crippen LogP contribution >= 0.6 is 15.9 Å². The van der Waals surface area contributed by atoms with Gasteiger partial charge in [-0.25, -0.2) is 0 Å². The fraction of sp³-hybridized carbons (Fsp3) is 0.318. The van der Waals surface area contributed by atoms with Crippen molar-refractivity contribution in [3.8, 4) is 11.5 Å². The Bertz CT molecular complexity index is 1010. The van der Waals surface area contributed by atoms with Gasteiger partial charge < -0.3 is 25.0 Å². The van der Waals surface area contributed by atoms with Crippen molar-refractivity contribution in [2.75, 3.05) is 37.5 Å². The maximum Gasteiger partial charge on any atom is 0.243 e. The van der Waals surface area contributed by atoms with Crippen molar-refractivity contribution in [1.82, 2.24) is 5.32 Å². The van der Waals surface area contributed by atoms with Crippen LogP contribution in [0.4, 0.5) is 11.4 Å². The third-order valence-electron chi connectivity index (χ3n) is 5.04. The van der Waals surface area contributed by atoms with E-state index in [4.69, 9.17) is 9.47 Å². The number of rotatable bonds is 7. The summed E-state index contributed by atoms with van der Waals surface area (Å²) in [5.41, 5.74) is 2.18. The van der Waals surface area contributed by atoms with Gasteiger partial charge in [0.05, 0.1) is 32.4 Å². The molecule has 1 aliphatic rings. The second-order valence-corrected chi connectivity index (χ2v) is 8.03. The van der Waals surface area contributed by atoms with Crippen LogP contribution in [-0.4, -0.2) is 45.0 Å². The minimum atomic E-state index is -0.564. The predicted molar refractivity (Wildman–Crippen MR) is 121 cm³/mol.